The fourth-order valence-electron chi connectivity index (χ4n) is 3.64. The third-order valence-electron chi connectivity index (χ3n) is 5.29. The number of aromatic nitrogens is 2. The summed E-state index contributed by atoms with van der Waals surface area (Å²) in [4.78, 5) is 30.3. The maximum Gasteiger partial charge on any atom is 0.414 e. The largest absolute Gasteiger partial charge is 0.465 e. The summed E-state index contributed by atoms with van der Waals surface area (Å²) >= 11 is 0. The molecule has 0 bridgehead atoms. The molecule has 10 heteroatoms. The van der Waals surface area contributed by atoms with E-state index in [4.69, 9.17) is 9.47 Å². The summed E-state index contributed by atoms with van der Waals surface area (Å²) in [6.45, 7) is 13.8. The lowest BCUT2D eigenvalue weighted by molar-refractivity contribution is -0.132. The van der Waals surface area contributed by atoms with E-state index < -0.39 is 36.8 Å². The van der Waals surface area contributed by atoms with Gasteiger partial charge in [-0.15, -0.1) is 0 Å². The van der Waals surface area contributed by atoms with Crippen molar-refractivity contribution in [3.63, 3.8) is 0 Å². The number of methoxy groups -OCH3 is 1. The molecule has 0 spiro atoms. The number of ether oxygens (including phenoxy) is 2. The van der Waals surface area contributed by atoms with Crippen LogP contribution >= 0.6 is 0 Å². The number of fused-ring (bicyclic) bond motifs is 1. The number of benzene rings is 1. The number of pyridine rings is 1. The molecule has 0 aliphatic rings. The molecule has 0 fully saturated rings. The van der Waals surface area contributed by atoms with E-state index in [0.29, 0.717) is 27.9 Å². The number of carbonyl (C=O) groups excluding carboxylic acids is 2. The number of imidazole rings is 1. The molecule has 0 unspecified atom stereocenters. The molecule has 0 aliphatic heterocycles. The zero-order valence-electron chi connectivity index (χ0n) is 22.8. The van der Waals surface area contributed by atoms with E-state index >= 15 is 0 Å². The maximum absolute atomic E-state index is 13.1. The van der Waals surface area contributed by atoms with Gasteiger partial charge in [0.25, 0.3) is 0 Å². The quantitative estimate of drug-likeness (QED) is 0.308. The monoisotopic (exact) mass is 533 g/mol. The van der Waals surface area contributed by atoms with Crippen molar-refractivity contribution in [3.05, 3.63) is 59.9 Å². The summed E-state index contributed by atoms with van der Waals surface area (Å²) in [6.07, 6.45) is -1.83. The average Bonchev–Trinajstić information content (AvgIpc) is 3.27. The Labute approximate surface area is 220 Å². The number of anilines is 1. The van der Waals surface area contributed by atoms with Gasteiger partial charge in [0.05, 0.1) is 36.7 Å². The maximum atomic E-state index is 13.1. The van der Waals surface area contributed by atoms with Crippen molar-refractivity contribution < 1.29 is 32.2 Å². The summed E-state index contributed by atoms with van der Waals surface area (Å²) in [5.74, 6) is -0.467. The number of halogens is 3. The van der Waals surface area contributed by atoms with Gasteiger partial charge in [-0.2, -0.15) is 13.2 Å². The van der Waals surface area contributed by atoms with Gasteiger partial charge in [-0.05, 0) is 57.0 Å². The summed E-state index contributed by atoms with van der Waals surface area (Å²) < 4.78 is 51.2. The van der Waals surface area contributed by atoms with E-state index in [9.17, 15) is 22.8 Å². The van der Waals surface area contributed by atoms with Crippen molar-refractivity contribution in [2.75, 3.05) is 18.6 Å². The Kier molecular flexibility index (Phi) is 9.72. The number of amides is 1. The molecule has 206 valence electrons. The molecule has 0 atom stereocenters. The molecule has 1 amide bonds. The first-order valence-corrected chi connectivity index (χ1v) is 12.1. The molecule has 3 aromatic rings. The number of esters is 1. The number of hydrogen-bond acceptors (Lipinski definition) is 5. The van der Waals surface area contributed by atoms with Gasteiger partial charge in [0.15, 0.2) is 5.65 Å². The van der Waals surface area contributed by atoms with E-state index in [-0.39, 0.29) is 11.3 Å². The van der Waals surface area contributed by atoms with Crippen LogP contribution in [0.2, 0.25) is 0 Å². The van der Waals surface area contributed by atoms with Crippen molar-refractivity contribution in [2.24, 2.45) is 0 Å². The van der Waals surface area contributed by atoms with Crippen LogP contribution < -0.4 is 4.90 Å². The molecule has 0 N–H and O–H groups in total. The van der Waals surface area contributed by atoms with Crippen molar-refractivity contribution in [1.82, 2.24) is 9.38 Å². The Morgan fingerprint density at radius 1 is 1.16 bits per heavy atom. The van der Waals surface area contributed by atoms with Gasteiger partial charge in [0, 0.05) is 18.3 Å². The van der Waals surface area contributed by atoms with Gasteiger partial charge in [-0.25, -0.2) is 14.6 Å². The first-order chi connectivity index (χ1) is 17.7. The average molecular weight is 534 g/mol. The van der Waals surface area contributed by atoms with Crippen LogP contribution in [0.5, 0.6) is 0 Å². The van der Waals surface area contributed by atoms with E-state index in [0.717, 1.165) is 4.90 Å². The SMILES string of the molecule is C=Cc1cc(N(CCC(F)(F)F)C(=O)OC(C)(C)C)c2ncc(-c3ccc(C(=O)OC)c(C)c3)n2c1.CC. The summed E-state index contributed by atoms with van der Waals surface area (Å²) in [7, 11) is 1.30. The minimum Gasteiger partial charge on any atom is -0.465 e. The standard InChI is InChI=1S/C26H28F3N3O4.C2H6/c1-7-17-13-20(31(11-10-26(27,28)29)24(34)36-25(3,4)5)22-30-14-21(32(22)15-17)18-8-9-19(16(2)12-18)23(33)35-6;1-2/h7-9,12-15H,1,10-11H2,2-6H3;1-2H3. The Morgan fingerprint density at radius 3 is 2.34 bits per heavy atom. The van der Waals surface area contributed by atoms with Crippen LogP contribution in [-0.4, -0.2) is 46.9 Å². The summed E-state index contributed by atoms with van der Waals surface area (Å²) in [5, 5.41) is 0. The van der Waals surface area contributed by atoms with Gasteiger partial charge in [0.1, 0.15) is 5.60 Å². The van der Waals surface area contributed by atoms with Gasteiger partial charge in [-0.1, -0.05) is 32.6 Å². The molecule has 1 aromatic carbocycles. The molecular formula is C28H34F3N3O4. The number of rotatable bonds is 6. The molecule has 0 saturated heterocycles. The Hall–Kier alpha value is -3.82. The van der Waals surface area contributed by atoms with Crippen molar-refractivity contribution >= 4 is 29.5 Å². The number of aryl methyl sites for hydroxylation is 1. The zero-order valence-corrected chi connectivity index (χ0v) is 22.8. The van der Waals surface area contributed by atoms with Crippen LogP contribution in [0.3, 0.4) is 0 Å². The number of carbonyl (C=O) groups is 2. The second-order valence-electron chi connectivity index (χ2n) is 9.22. The van der Waals surface area contributed by atoms with Crippen LogP contribution in [0, 0.1) is 6.92 Å². The Balaban J connectivity index is 0.00000247. The van der Waals surface area contributed by atoms with E-state index in [1.165, 1.54) is 13.2 Å². The van der Waals surface area contributed by atoms with Gasteiger partial charge >= 0.3 is 18.2 Å². The second-order valence-corrected chi connectivity index (χ2v) is 9.22. The van der Waals surface area contributed by atoms with Crippen LogP contribution in [0.1, 0.15) is 62.5 Å². The predicted molar refractivity (Wildman–Crippen MR) is 142 cm³/mol. The van der Waals surface area contributed by atoms with E-state index in [1.54, 1.807) is 68.8 Å². The minimum absolute atomic E-state index is 0.153. The van der Waals surface area contributed by atoms with Crippen LogP contribution in [0.4, 0.5) is 23.7 Å². The van der Waals surface area contributed by atoms with Crippen molar-refractivity contribution in [2.45, 2.75) is 59.7 Å². The summed E-state index contributed by atoms with van der Waals surface area (Å²) in [5.41, 5.74) is 2.45. The smallest absolute Gasteiger partial charge is 0.414 e. The number of alkyl halides is 3. The highest BCUT2D eigenvalue weighted by atomic mass is 19.4. The fourth-order valence-corrected chi connectivity index (χ4v) is 3.64. The van der Waals surface area contributed by atoms with Crippen molar-refractivity contribution in [3.8, 4) is 11.3 Å². The third-order valence-corrected chi connectivity index (χ3v) is 5.29. The fraction of sp³-hybridized carbons (Fsp3) is 0.393. The molecule has 0 radical (unpaired) electrons. The molecular weight excluding hydrogens is 499 g/mol. The highest BCUT2D eigenvalue weighted by Crippen LogP contribution is 2.32. The zero-order chi connectivity index (χ0) is 28.8. The van der Waals surface area contributed by atoms with Crippen LogP contribution in [0.15, 0.2) is 43.2 Å². The summed E-state index contributed by atoms with van der Waals surface area (Å²) in [6, 6.07) is 6.68. The third kappa shape index (κ3) is 7.36. The highest BCUT2D eigenvalue weighted by Gasteiger charge is 2.32. The first-order valence-electron chi connectivity index (χ1n) is 12.1. The number of nitrogens with zero attached hydrogens (tertiary/aromatic N) is 3. The predicted octanol–water partition coefficient (Wildman–Crippen LogP) is 7.46. The van der Waals surface area contributed by atoms with Gasteiger partial charge in [-0.3, -0.25) is 9.30 Å². The normalized spacial score (nSPS) is 11.4. The molecule has 7 nitrogen and oxygen atoms in total. The van der Waals surface area contributed by atoms with Gasteiger partial charge < -0.3 is 9.47 Å². The first kappa shape index (κ1) is 30.4. The highest BCUT2D eigenvalue weighted by molar-refractivity contribution is 5.94. The lowest BCUT2D eigenvalue weighted by atomic mass is 10.0. The molecule has 2 heterocycles. The molecule has 2 aromatic heterocycles. The van der Waals surface area contributed by atoms with Crippen molar-refractivity contribution in [1.29, 1.82) is 0 Å². The molecule has 38 heavy (non-hydrogen) atoms. The Bertz CT molecular complexity index is 1310. The van der Waals surface area contributed by atoms with Crippen LogP contribution in [0.25, 0.3) is 23.0 Å². The topological polar surface area (TPSA) is 73.1 Å². The minimum atomic E-state index is -4.48. The second kappa shape index (κ2) is 12.1. The van der Waals surface area contributed by atoms with Crippen LogP contribution in [-0.2, 0) is 9.47 Å². The van der Waals surface area contributed by atoms with E-state index in [2.05, 4.69) is 11.6 Å². The lowest BCUT2D eigenvalue weighted by Crippen LogP contribution is -2.39. The molecule has 0 aliphatic carbocycles. The lowest BCUT2D eigenvalue weighted by Gasteiger charge is -2.28. The van der Waals surface area contributed by atoms with E-state index in [1.807, 2.05) is 13.8 Å². The number of hydrogen-bond donors (Lipinski definition) is 0. The Morgan fingerprint density at radius 2 is 1.82 bits per heavy atom. The molecule has 3 rings (SSSR count). The molecule has 0 saturated carbocycles. The van der Waals surface area contributed by atoms with Gasteiger partial charge in [0.2, 0.25) is 0 Å².